The molecular formula is C28H36N4O6. The number of rotatable bonds is 12. The van der Waals surface area contributed by atoms with Gasteiger partial charge in [0.05, 0.1) is 35.0 Å². The zero-order valence-corrected chi connectivity index (χ0v) is 22.5. The summed E-state index contributed by atoms with van der Waals surface area (Å²) in [5.74, 6) is 3.05. The first kappa shape index (κ1) is 27.3. The van der Waals surface area contributed by atoms with Gasteiger partial charge in [-0.15, -0.1) is 0 Å². The van der Waals surface area contributed by atoms with Gasteiger partial charge in [-0.2, -0.15) is 0 Å². The fraction of sp³-hybridized carbons (Fsp3) is 0.429. The zero-order valence-electron chi connectivity index (χ0n) is 22.5. The Morgan fingerprint density at radius 3 is 2.21 bits per heavy atom. The van der Waals surface area contributed by atoms with Gasteiger partial charge in [0.15, 0.2) is 17.2 Å². The highest BCUT2D eigenvalue weighted by Gasteiger charge is 2.23. The topological polar surface area (TPSA) is 98.5 Å². The minimum Gasteiger partial charge on any atom is -0.496 e. The fourth-order valence-corrected chi connectivity index (χ4v) is 4.62. The van der Waals surface area contributed by atoms with Gasteiger partial charge >= 0.3 is 0 Å². The second-order valence-corrected chi connectivity index (χ2v) is 8.99. The Kier molecular flexibility index (Phi) is 9.45. The zero-order chi connectivity index (χ0) is 26.9. The van der Waals surface area contributed by atoms with E-state index in [4.69, 9.17) is 23.4 Å². The number of benzene rings is 2. The average Bonchev–Trinajstić information content (AvgIpc) is 3.42. The van der Waals surface area contributed by atoms with Crippen LogP contribution in [0.2, 0.25) is 0 Å². The van der Waals surface area contributed by atoms with E-state index in [0.29, 0.717) is 48.3 Å². The summed E-state index contributed by atoms with van der Waals surface area (Å²) >= 11 is 0. The molecule has 0 radical (unpaired) electrons. The quantitative estimate of drug-likeness (QED) is 0.383. The van der Waals surface area contributed by atoms with Crippen molar-refractivity contribution in [3.63, 3.8) is 0 Å². The Balaban J connectivity index is 1.24. The van der Waals surface area contributed by atoms with Gasteiger partial charge in [-0.05, 0) is 24.1 Å². The molecule has 204 valence electrons. The summed E-state index contributed by atoms with van der Waals surface area (Å²) in [6.45, 7) is 5.27. The molecule has 0 saturated carbocycles. The van der Waals surface area contributed by atoms with Gasteiger partial charge in [0.2, 0.25) is 11.6 Å². The molecule has 0 bridgehead atoms. The van der Waals surface area contributed by atoms with Crippen molar-refractivity contribution in [2.45, 2.75) is 19.5 Å². The minimum atomic E-state index is -0.247. The highest BCUT2D eigenvalue weighted by Crippen LogP contribution is 2.40. The van der Waals surface area contributed by atoms with Crippen LogP contribution < -0.4 is 24.3 Å². The number of nitrogens with one attached hydrogen (secondary N) is 1. The predicted molar refractivity (Wildman–Crippen MR) is 142 cm³/mol. The van der Waals surface area contributed by atoms with E-state index in [2.05, 4.69) is 20.1 Å². The molecule has 1 aliphatic heterocycles. The van der Waals surface area contributed by atoms with Crippen LogP contribution in [0.5, 0.6) is 23.0 Å². The first-order chi connectivity index (χ1) is 18.6. The van der Waals surface area contributed by atoms with Gasteiger partial charge in [0, 0.05) is 44.8 Å². The van der Waals surface area contributed by atoms with Gasteiger partial charge in [0.25, 0.3) is 5.91 Å². The lowest BCUT2D eigenvalue weighted by atomic mass is 10.1. The largest absolute Gasteiger partial charge is 0.496 e. The summed E-state index contributed by atoms with van der Waals surface area (Å²) in [5.41, 5.74) is 2.38. The summed E-state index contributed by atoms with van der Waals surface area (Å²) < 4.78 is 27.5. The standard InChI is InChI=1S/C28H36N4O6/c1-34-23-8-6-5-7-20(23)11-12-29-28(33)22-19-38-25(30-22)18-32-15-13-31(14-16-32)17-21-9-10-24(35-2)27(37-4)26(21)36-3/h5-10,19H,11-18H2,1-4H3,(H,29,33). The number of hydrogen-bond donors (Lipinski definition) is 1. The maximum atomic E-state index is 12.5. The van der Waals surface area contributed by atoms with Crippen LogP contribution in [0.3, 0.4) is 0 Å². The van der Waals surface area contributed by atoms with Crippen molar-refractivity contribution in [2.75, 3.05) is 61.2 Å². The number of amides is 1. The molecule has 2 heterocycles. The second kappa shape index (κ2) is 13.2. The predicted octanol–water partition coefficient (Wildman–Crippen LogP) is 3.00. The molecule has 10 heteroatoms. The molecule has 1 N–H and O–H groups in total. The molecule has 0 unspecified atom stereocenters. The van der Waals surface area contributed by atoms with Crippen LogP contribution in [0.4, 0.5) is 0 Å². The molecule has 1 saturated heterocycles. The fourth-order valence-electron chi connectivity index (χ4n) is 4.62. The summed E-state index contributed by atoms with van der Waals surface area (Å²) in [6, 6.07) is 11.7. The Labute approximate surface area is 223 Å². The van der Waals surface area contributed by atoms with Crippen molar-refractivity contribution in [2.24, 2.45) is 0 Å². The summed E-state index contributed by atoms with van der Waals surface area (Å²) in [6.07, 6.45) is 2.09. The summed E-state index contributed by atoms with van der Waals surface area (Å²) in [5, 5.41) is 2.91. The number of methoxy groups -OCH3 is 4. The van der Waals surface area contributed by atoms with E-state index >= 15 is 0 Å². The van der Waals surface area contributed by atoms with Crippen LogP contribution in [0.25, 0.3) is 0 Å². The van der Waals surface area contributed by atoms with E-state index < -0.39 is 0 Å². The van der Waals surface area contributed by atoms with Gasteiger partial charge in [0.1, 0.15) is 12.0 Å². The van der Waals surface area contributed by atoms with E-state index in [1.165, 1.54) is 6.26 Å². The highest BCUT2D eigenvalue weighted by molar-refractivity contribution is 5.91. The lowest BCUT2D eigenvalue weighted by Crippen LogP contribution is -2.45. The second-order valence-electron chi connectivity index (χ2n) is 8.99. The van der Waals surface area contributed by atoms with E-state index in [1.54, 1.807) is 28.4 Å². The number of ether oxygens (including phenoxy) is 4. The van der Waals surface area contributed by atoms with Crippen LogP contribution in [-0.2, 0) is 19.5 Å². The maximum absolute atomic E-state index is 12.5. The van der Waals surface area contributed by atoms with Crippen molar-refractivity contribution in [3.05, 3.63) is 65.4 Å². The third-order valence-electron chi connectivity index (χ3n) is 6.66. The number of carbonyl (C=O) groups is 1. The Morgan fingerprint density at radius 1 is 0.842 bits per heavy atom. The normalized spacial score (nSPS) is 14.2. The SMILES string of the molecule is COc1ccccc1CCNC(=O)c1coc(CN2CCN(Cc3ccc(OC)c(OC)c3OC)CC2)n1. The molecule has 0 atom stereocenters. The van der Waals surface area contributed by atoms with Gasteiger partial charge in [-0.3, -0.25) is 14.6 Å². The molecule has 4 rings (SSSR count). The van der Waals surface area contributed by atoms with E-state index in [-0.39, 0.29) is 5.91 Å². The lowest BCUT2D eigenvalue weighted by Gasteiger charge is -2.34. The van der Waals surface area contributed by atoms with Crippen molar-refractivity contribution >= 4 is 5.91 Å². The number of oxazole rings is 1. The number of aromatic nitrogens is 1. The number of piperazine rings is 1. The molecule has 38 heavy (non-hydrogen) atoms. The Morgan fingerprint density at radius 2 is 1.53 bits per heavy atom. The summed E-state index contributed by atoms with van der Waals surface area (Å²) in [4.78, 5) is 21.6. The summed E-state index contributed by atoms with van der Waals surface area (Å²) in [7, 11) is 6.51. The average molecular weight is 525 g/mol. The molecule has 1 fully saturated rings. The molecule has 1 aromatic heterocycles. The Hall–Kier alpha value is -3.76. The smallest absolute Gasteiger partial charge is 0.273 e. The Bertz CT molecular complexity index is 1210. The van der Waals surface area contributed by atoms with Crippen LogP contribution in [0.1, 0.15) is 27.5 Å². The van der Waals surface area contributed by atoms with Gasteiger partial charge in [-0.1, -0.05) is 24.3 Å². The van der Waals surface area contributed by atoms with Crippen LogP contribution >= 0.6 is 0 Å². The van der Waals surface area contributed by atoms with Crippen molar-refractivity contribution < 1.29 is 28.2 Å². The molecule has 0 spiro atoms. The first-order valence-electron chi connectivity index (χ1n) is 12.6. The molecule has 1 aliphatic rings. The molecular weight excluding hydrogens is 488 g/mol. The number of hydrogen-bond acceptors (Lipinski definition) is 9. The van der Waals surface area contributed by atoms with Crippen LogP contribution in [0.15, 0.2) is 47.1 Å². The molecule has 10 nitrogen and oxygen atoms in total. The van der Waals surface area contributed by atoms with E-state index in [9.17, 15) is 4.79 Å². The van der Waals surface area contributed by atoms with E-state index in [0.717, 1.165) is 49.6 Å². The number of carbonyl (C=O) groups excluding carboxylic acids is 1. The van der Waals surface area contributed by atoms with Crippen molar-refractivity contribution in [1.29, 1.82) is 0 Å². The molecule has 3 aromatic rings. The first-order valence-corrected chi connectivity index (χ1v) is 12.6. The highest BCUT2D eigenvalue weighted by atomic mass is 16.5. The molecule has 0 aliphatic carbocycles. The number of para-hydroxylation sites is 1. The van der Waals surface area contributed by atoms with Gasteiger partial charge in [-0.25, -0.2) is 4.98 Å². The van der Waals surface area contributed by atoms with Crippen molar-refractivity contribution in [1.82, 2.24) is 20.1 Å². The monoisotopic (exact) mass is 524 g/mol. The minimum absolute atomic E-state index is 0.247. The van der Waals surface area contributed by atoms with Crippen LogP contribution in [0, 0.1) is 0 Å². The third-order valence-corrected chi connectivity index (χ3v) is 6.66. The third kappa shape index (κ3) is 6.56. The lowest BCUT2D eigenvalue weighted by molar-refractivity contribution is 0.0948. The maximum Gasteiger partial charge on any atom is 0.273 e. The molecule has 2 aromatic carbocycles. The van der Waals surface area contributed by atoms with Crippen molar-refractivity contribution in [3.8, 4) is 23.0 Å². The van der Waals surface area contributed by atoms with Gasteiger partial charge < -0.3 is 28.7 Å². The van der Waals surface area contributed by atoms with E-state index in [1.807, 2.05) is 36.4 Å². The van der Waals surface area contributed by atoms with Crippen LogP contribution in [-0.4, -0.2) is 81.9 Å². The molecule has 1 amide bonds. The number of nitrogens with zero attached hydrogens (tertiary/aromatic N) is 3.